The Balaban J connectivity index is 1.53. The Kier molecular flexibility index (Phi) is 4.44. The number of anilines is 2. The van der Waals surface area contributed by atoms with Gasteiger partial charge in [-0.2, -0.15) is 0 Å². The Labute approximate surface area is 155 Å². The molecule has 0 amide bonds. The van der Waals surface area contributed by atoms with Crippen molar-refractivity contribution in [1.29, 1.82) is 0 Å². The van der Waals surface area contributed by atoms with Crippen LogP contribution in [-0.4, -0.2) is 43.3 Å². The molecule has 128 valence electrons. The predicted molar refractivity (Wildman–Crippen MR) is 105 cm³/mol. The van der Waals surface area contributed by atoms with E-state index in [1.165, 1.54) is 5.69 Å². The maximum atomic E-state index is 5.24. The number of hydrogen-bond acceptors (Lipinski definition) is 5. The van der Waals surface area contributed by atoms with Gasteiger partial charge in [-0.3, -0.25) is 0 Å². The van der Waals surface area contributed by atoms with E-state index in [9.17, 15) is 0 Å². The van der Waals surface area contributed by atoms with Crippen LogP contribution in [0.3, 0.4) is 0 Å². The Hall–Kier alpha value is -2.34. The maximum absolute atomic E-state index is 5.24. The maximum Gasteiger partial charge on any atom is 0.140 e. The SMILES string of the molecule is COc1ccc(N2CCN(c3ncnc4ccc(Br)cc34)CC2)cc1. The fraction of sp³-hybridized carbons (Fsp3) is 0.263. The van der Waals surface area contributed by atoms with Crippen LogP contribution in [0.2, 0.25) is 0 Å². The summed E-state index contributed by atoms with van der Waals surface area (Å²) in [4.78, 5) is 13.7. The van der Waals surface area contributed by atoms with E-state index in [1.807, 2.05) is 24.3 Å². The highest BCUT2D eigenvalue weighted by atomic mass is 79.9. The summed E-state index contributed by atoms with van der Waals surface area (Å²) in [6.45, 7) is 3.80. The van der Waals surface area contributed by atoms with Crippen LogP contribution in [-0.2, 0) is 0 Å². The van der Waals surface area contributed by atoms with E-state index < -0.39 is 0 Å². The topological polar surface area (TPSA) is 41.5 Å². The minimum Gasteiger partial charge on any atom is -0.497 e. The van der Waals surface area contributed by atoms with Crippen LogP contribution in [0.25, 0.3) is 10.9 Å². The lowest BCUT2D eigenvalue weighted by molar-refractivity contribution is 0.415. The smallest absolute Gasteiger partial charge is 0.140 e. The van der Waals surface area contributed by atoms with Gasteiger partial charge in [0.25, 0.3) is 0 Å². The monoisotopic (exact) mass is 398 g/mol. The standard InChI is InChI=1S/C19H19BrN4O/c1-25-16-5-3-15(4-6-16)23-8-10-24(11-9-23)19-17-12-14(20)2-7-18(17)21-13-22-19/h2-7,12-13H,8-11H2,1H3. The van der Waals surface area contributed by atoms with Gasteiger partial charge in [0.1, 0.15) is 17.9 Å². The van der Waals surface area contributed by atoms with E-state index in [1.54, 1.807) is 13.4 Å². The third-order valence-electron chi connectivity index (χ3n) is 4.59. The van der Waals surface area contributed by atoms with Crippen molar-refractivity contribution >= 4 is 38.3 Å². The molecule has 0 aliphatic carbocycles. The molecule has 0 radical (unpaired) electrons. The molecule has 0 spiro atoms. The molecule has 6 heteroatoms. The molecule has 3 aromatic rings. The van der Waals surface area contributed by atoms with Crippen molar-refractivity contribution in [2.75, 3.05) is 43.1 Å². The van der Waals surface area contributed by atoms with Gasteiger partial charge in [-0.25, -0.2) is 9.97 Å². The number of nitrogens with zero attached hydrogens (tertiary/aromatic N) is 4. The summed E-state index contributed by atoms with van der Waals surface area (Å²) in [7, 11) is 1.69. The van der Waals surface area contributed by atoms with E-state index in [-0.39, 0.29) is 0 Å². The first kappa shape index (κ1) is 16.1. The van der Waals surface area contributed by atoms with Crippen LogP contribution in [0.4, 0.5) is 11.5 Å². The molecule has 0 bridgehead atoms. The van der Waals surface area contributed by atoms with Crippen LogP contribution in [0.1, 0.15) is 0 Å². The Morgan fingerprint density at radius 3 is 2.36 bits per heavy atom. The van der Waals surface area contributed by atoms with Crippen LogP contribution in [0, 0.1) is 0 Å². The molecule has 25 heavy (non-hydrogen) atoms. The van der Waals surface area contributed by atoms with Gasteiger partial charge in [-0.15, -0.1) is 0 Å². The zero-order valence-electron chi connectivity index (χ0n) is 14.0. The first-order valence-corrected chi connectivity index (χ1v) is 9.08. The second kappa shape index (κ2) is 6.88. The highest BCUT2D eigenvalue weighted by Crippen LogP contribution is 2.28. The first-order valence-electron chi connectivity index (χ1n) is 8.29. The minimum atomic E-state index is 0.889. The number of piperazine rings is 1. The fourth-order valence-electron chi connectivity index (χ4n) is 3.24. The molecule has 5 nitrogen and oxygen atoms in total. The molecule has 1 fully saturated rings. The first-order chi connectivity index (χ1) is 12.2. The predicted octanol–water partition coefficient (Wildman–Crippen LogP) is 3.73. The zero-order valence-corrected chi connectivity index (χ0v) is 15.6. The summed E-state index contributed by atoms with van der Waals surface area (Å²) in [6.07, 6.45) is 1.65. The highest BCUT2D eigenvalue weighted by Gasteiger charge is 2.20. The van der Waals surface area contributed by atoms with Crippen LogP contribution in [0.5, 0.6) is 5.75 Å². The van der Waals surface area contributed by atoms with Gasteiger partial charge < -0.3 is 14.5 Å². The fourth-order valence-corrected chi connectivity index (χ4v) is 3.60. The normalized spacial score (nSPS) is 14.8. The van der Waals surface area contributed by atoms with Gasteiger partial charge in [-0.1, -0.05) is 15.9 Å². The number of ether oxygens (including phenoxy) is 1. The molecule has 0 saturated carbocycles. The van der Waals surface area contributed by atoms with Gasteiger partial charge in [0.2, 0.25) is 0 Å². The molecular formula is C19H19BrN4O. The van der Waals surface area contributed by atoms with Gasteiger partial charge in [0, 0.05) is 41.7 Å². The van der Waals surface area contributed by atoms with E-state index in [0.717, 1.165) is 53.1 Å². The molecule has 0 atom stereocenters. The highest BCUT2D eigenvalue weighted by molar-refractivity contribution is 9.10. The van der Waals surface area contributed by atoms with Gasteiger partial charge in [-0.05, 0) is 42.5 Å². The third kappa shape index (κ3) is 3.26. The van der Waals surface area contributed by atoms with E-state index in [2.05, 4.69) is 53.9 Å². The van der Waals surface area contributed by atoms with Crippen LogP contribution in [0.15, 0.2) is 53.3 Å². The number of hydrogen-bond donors (Lipinski definition) is 0. The van der Waals surface area contributed by atoms with Crippen molar-refractivity contribution < 1.29 is 4.74 Å². The number of methoxy groups -OCH3 is 1. The zero-order chi connectivity index (χ0) is 17.2. The van der Waals surface area contributed by atoms with Gasteiger partial charge >= 0.3 is 0 Å². The molecular weight excluding hydrogens is 380 g/mol. The van der Waals surface area contributed by atoms with Gasteiger partial charge in [0.15, 0.2) is 0 Å². The second-order valence-electron chi connectivity index (χ2n) is 6.03. The number of benzene rings is 2. The van der Waals surface area contributed by atoms with Crippen molar-refractivity contribution in [2.24, 2.45) is 0 Å². The lowest BCUT2D eigenvalue weighted by atomic mass is 10.2. The summed E-state index contributed by atoms with van der Waals surface area (Å²) in [5.74, 6) is 1.90. The Bertz CT molecular complexity index is 876. The van der Waals surface area contributed by atoms with Gasteiger partial charge in [0.05, 0.1) is 12.6 Å². The summed E-state index contributed by atoms with van der Waals surface area (Å²) < 4.78 is 6.29. The average molecular weight is 399 g/mol. The molecule has 2 aromatic carbocycles. The van der Waals surface area contributed by atoms with E-state index in [4.69, 9.17) is 4.74 Å². The van der Waals surface area contributed by atoms with Crippen molar-refractivity contribution in [3.05, 3.63) is 53.3 Å². The number of rotatable bonds is 3. The second-order valence-corrected chi connectivity index (χ2v) is 6.95. The van der Waals surface area contributed by atoms with E-state index >= 15 is 0 Å². The average Bonchev–Trinajstić information content (AvgIpc) is 2.68. The number of halogens is 1. The Morgan fingerprint density at radius 2 is 1.64 bits per heavy atom. The molecule has 1 aliphatic rings. The third-order valence-corrected chi connectivity index (χ3v) is 5.09. The quantitative estimate of drug-likeness (QED) is 0.672. The van der Waals surface area contributed by atoms with Crippen molar-refractivity contribution in [1.82, 2.24) is 9.97 Å². The number of fused-ring (bicyclic) bond motifs is 1. The molecule has 0 unspecified atom stereocenters. The van der Waals surface area contributed by atoms with E-state index in [0.29, 0.717) is 0 Å². The molecule has 1 saturated heterocycles. The summed E-state index contributed by atoms with van der Waals surface area (Å²) in [5, 5.41) is 1.09. The largest absolute Gasteiger partial charge is 0.497 e. The molecule has 1 aromatic heterocycles. The van der Waals surface area contributed by atoms with Crippen molar-refractivity contribution in [3.8, 4) is 5.75 Å². The number of aromatic nitrogens is 2. The molecule has 0 N–H and O–H groups in total. The lowest BCUT2D eigenvalue weighted by Gasteiger charge is -2.37. The summed E-state index contributed by atoms with van der Waals surface area (Å²) >= 11 is 3.55. The molecule has 4 rings (SSSR count). The Morgan fingerprint density at radius 1 is 0.920 bits per heavy atom. The molecule has 2 heterocycles. The minimum absolute atomic E-state index is 0.889. The van der Waals surface area contributed by atoms with Crippen molar-refractivity contribution in [2.45, 2.75) is 0 Å². The summed E-state index contributed by atoms with van der Waals surface area (Å²) in [5.41, 5.74) is 2.21. The van der Waals surface area contributed by atoms with Crippen LogP contribution < -0.4 is 14.5 Å². The lowest BCUT2D eigenvalue weighted by Crippen LogP contribution is -2.46. The molecule has 1 aliphatic heterocycles. The summed E-state index contributed by atoms with van der Waals surface area (Å²) in [6, 6.07) is 14.4. The van der Waals surface area contributed by atoms with Crippen molar-refractivity contribution in [3.63, 3.8) is 0 Å². The van der Waals surface area contributed by atoms with Crippen LogP contribution >= 0.6 is 15.9 Å².